The molecule has 8 nitrogen and oxygen atoms in total. The van der Waals surface area contributed by atoms with Crippen LogP contribution in [0.2, 0.25) is 0 Å². The average Bonchev–Trinajstić information content (AvgIpc) is 3.20. The van der Waals surface area contributed by atoms with E-state index >= 15 is 0 Å². The number of fused-ring (bicyclic) bond motifs is 2. The van der Waals surface area contributed by atoms with E-state index in [-0.39, 0.29) is 24.3 Å². The second kappa shape index (κ2) is 10.6. The third-order valence-electron chi connectivity index (χ3n) is 6.49. The zero-order chi connectivity index (χ0) is 25.1. The van der Waals surface area contributed by atoms with Crippen molar-refractivity contribution in [1.29, 1.82) is 0 Å². The van der Waals surface area contributed by atoms with Gasteiger partial charge in [0.05, 0.1) is 17.9 Å². The van der Waals surface area contributed by atoms with E-state index in [9.17, 15) is 9.59 Å². The van der Waals surface area contributed by atoms with Gasteiger partial charge in [-0.25, -0.2) is 9.97 Å². The van der Waals surface area contributed by atoms with Crippen LogP contribution >= 0.6 is 0 Å². The Morgan fingerprint density at radius 1 is 1.00 bits per heavy atom. The maximum atomic E-state index is 14.0. The third-order valence-corrected chi connectivity index (χ3v) is 6.49. The van der Waals surface area contributed by atoms with Gasteiger partial charge in [-0.2, -0.15) is 0 Å². The first-order chi connectivity index (χ1) is 17.5. The predicted octanol–water partition coefficient (Wildman–Crippen LogP) is 3.72. The first-order valence-electron chi connectivity index (χ1n) is 12.6. The fourth-order valence-electron chi connectivity index (χ4n) is 4.79. The van der Waals surface area contributed by atoms with Gasteiger partial charge < -0.3 is 10.2 Å². The minimum atomic E-state index is -0.194. The molecule has 186 valence electrons. The highest BCUT2D eigenvalue weighted by Gasteiger charge is 2.36. The number of nitrogens with one attached hydrogen (secondary N) is 1. The van der Waals surface area contributed by atoms with E-state index in [1.54, 1.807) is 16.0 Å². The van der Waals surface area contributed by atoms with Gasteiger partial charge in [0.15, 0.2) is 11.6 Å². The standard InChI is InChI=1S/C28H32N6O2/c1-20(2)18-33-23-11-6-7-12-24(23)34(25(35)19-32-15-8-13-29-14-16-32)27-22(28(33)36)17-30-26(31-27)21-9-4-3-5-10-21/h3-7,9-12,17,20,29H,8,13-16,18-19H2,1-2H3. The summed E-state index contributed by atoms with van der Waals surface area (Å²) in [6.07, 6.45) is 2.56. The van der Waals surface area contributed by atoms with Crippen LogP contribution < -0.4 is 15.1 Å². The Labute approximate surface area is 212 Å². The summed E-state index contributed by atoms with van der Waals surface area (Å²) in [6, 6.07) is 17.2. The number of nitrogens with zero attached hydrogens (tertiary/aromatic N) is 5. The van der Waals surface area contributed by atoms with Crippen LogP contribution in [0, 0.1) is 5.92 Å². The van der Waals surface area contributed by atoms with E-state index in [1.807, 2.05) is 54.6 Å². The summed E-state index contributed by atoms with van der Waals surface area (Å²) in [5.74, 6) is 0.753. The Morgan fingerprint density at radius 3 is 2.53 bits per heavy atom. The van der Waals surface area contributed by atoms with Crippen LogP contribution in [0.5, 0.6) is 0 Å². The van der Waals surface area contributed by atoms with E-state index in [1.165, 1.54) is 0 Å². The molecule has 1 fully saturated rings. The van der Waals surface area contributed by atoms with Crippen LogP contribution in [0.15, 0.2) is 60.8 Å². The van der Waals surface area contributed by atoms with Crippen LogP contribution in [-0.4, -0.2) is 66.0 Å². The van der Waals surface area contributed by atoms with Crippen molar-refractivity contribution >= 4 is 29.0 Å². The molecule has 1 saturated heterocycles. The van der Waals surface area contributed by atoms with Gasteiger partial charge in [-0.1, -0.05) is 56.3 Å². The molecular weight excluding hydrogens is 452 g/mol. The van der Waals surface area contributed by atoms with Gasteiger partial charge in [0.1, 0.15) is 5.56 Å². The molecule has 2 aliphatic rings. The van der Waals surface area contributed by atoms with Crippen LogP contribution in [0.25, 0.3) is 11.4 Å². The number of anilines is 3. The molecule has 3 aromatic rings. The van der Waals surface area contributed by atoms with Crippen LogP contribution in [0.3, 0.4) is 0 Å². The maximum absolute atomic E-state index is 14.0. The fraction of sp³-hybridized carbons (Fsp3) is 0.357. The number of para-hydroxylation sites is 2. The molecule has 2 aromatic carbocycles. The van der Waals surface area contributed by atoms with Gasteiger partial charge in [-0.3, -0.25) is 19.4 Å². The van der Waals surface area contributed by atoms with Crippen LogP contribution in [0.1, 0.15) is 30.6 Å². The monoisotopic (exact) mass is 484 g/mol. The molecule has 0 aliphatic carbocycles. The summed E-state index contributed by atoms with van der Waals surface area (Å²) in [5, 5.41) is 3.39. The van der Waals surface area contributed by atoms with Gasteiger partial charge in [0, 0.05) is 31.4 Å². The summed E-state index contributed by atoms with van der Waals surface area (Å²) in [6.45, 7) is 8.37. The zero-order valence-corrected chi connectivity index (χ0v) is 20.9. The average molecular weight is 485 g/mol. The van der Waals surface area contributed by atoms with E-state index < -0.39 is 0 Å². The zero-order valence-electron chi connectivity index (χ0n) is 20.9. The smallest absolute Gasteiger partial charge is 0.263 e. The molecule has 8 heteroatoms. The van der Waals surface area contributed by atoms with Gasteiger partial charge in [-0.05, 0) is 37.6 Å². The topological polar surface area (TPSA) is 81.7 Å². The molecule has 2 amide bonds. The lowest BCUT2D eigenvalue weighted by molar-refractivity contribution is -0.119. The lowest BCUT2D eigenvalue weighted by Crippen LogP contribution is -2.40. The van der Waals surface area contributed by atoms with E-state index in [0.29, 0.717) is 35.1 Å². The molecular formula is C28H32N6O2. The predicted molar refractivity (Wildman–Crippen MR) is 141 cm³/mol. The van der Waals surface area contributed by atoms with Gasteiger partial charge in [0.25, 0.3) is 5.91 Å². The molecule has 1 N–H and O–H groups in total. The number of amides is 2. The van der Waals surface area contributed by atoms with E-state index in [0.717, 1.165) is 38.2 Å². The van der Waals surface area contributed by atoms with Gasteiger partial charge in [0.2, 0.25) is 5.91 Å². The molecule has 2 aliphatic heterocycles. The maximum Gasteiger partial charge on any atom is 0.263 e. The normalized spacial score (nSPS) is 16.4. The first-order valence-corrected chi connectivity index (χ1v) is 12.6. The van der Waals surface area contributed by atoms with Crippen LogP contribution in [-0.2, 0) is 4.79 Å². The van der Waals surface area contributed by atoms with Crippen molar-refractivity contribution in [2.24, 2.45) is 5.92 Å². The Kier molecular flexibility index (Phi) is 7.06. The summed E-state index contributed by atoms with van der Waals surface area (Å²) in [7, 11) is 0. The Bertz CT molecular complexity index is 1240. The Hall–Kier alpha value is -3.62. The van der Waals surface area contributed by atoms with Crippen molar-refractivity contribution in [3.8, 4) is 11.4 Å². The highest BCUT2D eigenvalue weighted by atomic mass is 16.2. The first kappa shape index (κ1) is 24.1. The number of hydrogen-bond acceptors (Lipinski definition) is 6. The molecule has 0 bridgehead atoms. The van der Waals surface area contributed by atoms with Gasteiger partial charge in [-0.15, -0.1) is 0 Å². The molecule has 0 spiro atoms. The highest BCUT2D eigenvalue weighted by Crippen LogP contribution is 2.40. The number of benzene rings is 2. The number of aromatic nitrogens is 2. The van der Waals surface area contributed by atoms with Crippen molar-refractivity contribution < 1.29 is 9.59 Å². The quantitative estimate of drug-likeness (QED) is 0.595. The molecule has 1 aromatic heterocycles. The van der Waals surface area contributed by atoms with E-state index in [2.05, 4.69) is 29.0 Å². The second-order valence-electron chi connectivity index (χ2n) is 9.70. The lowest BCUT2D eigenvalue weighted by atomic mass is 10.1. The molecule has 36 heavy (non-hydrogen) atoms. The molecule has 0 radical (unpaired) electrons. The van der Waals surface area contributed by atoms with E-state index in [4.69, 9.17) is 4.98 Å². The van der Waals surface area contributed by atoms with Crippen molar-refractivity contribution in [3.05, 3.63) is 66.4 Å². The lowest BCUT2D eigenvalue weighted by Gasteiger charge is -2.28. The summed E-state index contributed by atoms with van der Waals surface area (Å²) in [4.78, 5) is 42.8. The Morgan fingerprint density at radius 2 is 1.75 bits per heavy atom. The van der Waals surface area contributed by atoms with Crippen molar-refractivity contribution in [2.75, 3.05) is 49.1 Å². The number of rotatable bonds is 5. The minimum Gasteiger partial charge on any atom is -0.315 e. The Balaban J connectivity index is 1.65. The summed E-state index contributed by atoms with van der Waals surface area (Å²) in [5.41, 5.74) is 2.54. The van der Waals surface area contributed by atoms with Gasteiger partial charge >= 0.3 is 0 Å². The largest absolute Gasteiger partial charge is 0.315 e. The number of carbonyl (C=O) groups is 2. The molecule has 3 heterocycles. The minimum absolute atomic E-state index is 0.109. The van der Waals surface area contributed by atoms with Crippen molar-refractivity contribution in [1.82, 2.24) is 20.2 Å². The molecule has 0 unspecified atom stereocenters. The molecule has 0 saturated carbocycles. The van der Waals surface area contributed by atoms with Crippen LogP contribution in [0.4, 0.5) is 17.2 Å². The summed E-state index contributed by atoms with van der Waals surface area (Å²) < 4.78 is 0. The summed E-state index contributed by atoms with van der Waals surface area (Å²) >= 11 is 0. The second-order valence-corrected chi connectivity index (χ2v) is 9.70. The SMILES string of the molecule is CC(C)CN1C(=O)c2cnc(-c3ccccc3)nc2N(C(=O)CN2CCCNCC2)c2ccccc21. The third kappa shape index (κ3) is 4.87. The number of hydrogen-bond donors (Lipinski definition) is 1. The highest BCUT2D eigenvalue weighted by molar-refractivity contribution is 6.18. The molecule has 5 rings (SSSR count). The van der Waals surface area contributed by atoms with Crippen molar-refractivity contribution in [3.63, 3.8) is 0 Å². The molecule has 0 atom stereocenters. The fourth-order valence-corrected chi connectivity index (χ4v) is 4.79. The van der Waals surface area contributed by atoms with Crippen molar-refractivity contribution in [2.45, 2.75) is 20.3 Å². The number of carbonyl (C=O) groups excluding carboxylic acids is 2.